The number of nitrogens with one attached hydrogen (secondary N) is 1. The number of fused-ring (bicyclic) bond motifs is 1. The van der Waals surface area contributed by atoms with E-state index in [4.69, 9.17) is 0 Å². The minimum absolute atomic E-state index is 0.545. The molecular weight excluding hydrogens is 170 g/mol. The Morgan fingerprint density at radius 1 is 1.50 bits per heavy atom. The van der Waals surface area contributed by atoms with E-state index in [1.54, 1.807) is 11.9 Å². The van der Waals surface area contributed by atoms with Crippen molar-refractivity contribution in [1.29, 1.82) is 0 Å². The Hall–Kier alpha value is -0.0900. The van der Waals surface area contributed by atoms with E-state index in [1.165, 1.54) is 19.3 Å². The number of nitrogens with zero attached hydrogens (tertiary/aromatic N) is 2. The van der Waals surface area contributed by atoms with Crippen molar-refractivity contribution in [3.05, 3.63) is 0 Å². The highest BCUT2D eigenvalue weighted by Gasteiger charge is 2.33. The van der Waals surface area contributed by atoms with Gasteiger partial charge < -0.3 is 5.32 Å². The molecule has 3 unspecified atom stereocenters. The zero-order chi connectivity index (χ0) is 8.39. The highest BCUT2D eigenvalue weighted by molar-refractivity contribution is 7.98. The first kappa shape index (κ1) is 8.51. The molecule has 12 heavy (non-hydrogen) atoms. The van der Waals surface area contributed by atoms with Crippen LogP contribution in [0.2, 0.25) is 0 Å². The van der Waals surface area contributed by atoms with E-state index < -0.39 is 0 Å². The molecule has 0 aromatic carbocycles. The lowest BCUT2D eigenvalue weighted by molar-refractivity contribution is 0.331. The van der Waals surface area contributed by atoms with Crippen molar-refractivity contribution in [2.45, 2.75) is 30.6 Å². The summed E-state index contributed by atoms with van der Waals surface area (Å²) in [5.41, 5.74) is 0. The Morgan fingerprint density at radius 3 is 3.25 bits per heavy atom. The molecule has 3 atom stereocenters. The van der Waals surface area contributed by atoms with Gasteiger partial charge in [-0.3, -0.25) is 0 Å². The molecule has 0 bridgehead atoms. The first-order valence-corrected chi connectivity index (χ1v) is 5.44. The van der Waals surface area contributed by atoms with E-state index in [0.29, 0.717) is 11.3 Å². The maximum absolute atomic E-state index is 4.22. The van der Waals surface area contributed by atoms with Crippen LogP contribution in [0, 0.1) is 5.92 Å². The molecule has 0 aromatic heterocycles. The van der Waals surface area contributed by atoms with Crippen LogP contribution in [0.3, 0.4) is 0 Å². The summed E-state index contributed by atoms with van der Waals surface area (Å²) >= 11 is 1.69. The van der Waals surface area contributed by atoms with Gasteiger partial charge in [-0.05, 0) is 38.8 Å². The van der Waals surface area contributed by atoms with Gasteiger partial charge in [0.1, 0.15) is 0 Å². The van der Waals surface area contributed by atoms with Gasteiger partial charge in [-0.25, -0.2) is 0 Å². The smallest absolute Gasteiger partial charge is 0.0856 e. The van der Waals surface area contributed by atoms with Crippen LogP contribution in [0.1, 0.15) is 19.3 Å². The van der Waals surface area contributed by atoms with Crippen LogP contribution >= 0.6 is 11.9 Å². The van der Waals surface area contributed by atoms with Gasteiger partial charge in [-0.1, -0.05) is 0 Å². The Bertz CT molecular complexity index is 183. The summed E-state index contributed by atoms with van der Waals surface area (Å²) in [5, 5.41) is 8.16. The molecule has 68 valence electrons. The van der Waals surface area contributed by atoms with Gasteiger partial charge >= 0.3 is 0 Å². The Labute approximate surface area is 77.5 Å². The molecule has 0 aromatic rings. The summed E-state index contributed by atoms with van der Waals surface area (Å²) in [4.78, 5) is 0. The zero-order valence-corrected chi connectivity index (χ0v) is 8.18. The summed E-state index contributed by atoms with van der Waals surface area (Å²) < 4.78 is 4.04. The monoisotopic (exact) mass is 185 g/mol. The summed E-state index contributed by atoms with van der Waals surface area (Å²) in [7, 11) is 2.03. The van der Waals surface area contributed by atoms with Gasteiger partial charge in [0, 0.05) is 11.9 Å². The van der Waals surface area contributed by atoms with Crippen molar-refractivity contribution in [2.75, 3.05) is 13.6 Å². The highest BCUT2D eigenvalue weighted by Crippen LogP contribution is 2.39. The van der Waals surface area contributed by atoms with Gasteiger partial charge in [0.2, 0.25) is 0 Å². The third-order valence-corrected chi connectivity index (χ3v) is 3.70. The third kappa shape index (κ3) is 1.64. The van der Waals surface area contributed by atoms with Crippen LogP contribution < -0.4 is 5.32 Å². The first-order valence-electron chi connectivity index (χ1n) is 4.60. The summed E-state index contributed by atoms with van der Waals surface area (Å²) in [6.07, 6.45) is 3.86. The predicted octanol–water partition coefficient (Wildman–Crippen LogP) is 1.86. The van der Waals surface area contributed by atoms with Gasteiger partial charge in [0.05, 0.1) is 11.3 Å². The minimum atomic E-state index is 0.545. The van der Waals surface area contributed by atoms with Crippen molar-refractivity contribution >= 4 is 11.9 Å². The summed E-state index contributed by atoms with van der Waals surface area (Å²) in [6.45, 7) is 1.16. The maximum Gasteiger partial charge on any atom is 0.0856 e. The summed E-state index contributed by atoms with van der Waals surface area (Å²) in [6, 6.07) is 0.545. The Kier molecular flexibility index (Phi) is 2.66. The zero-order valence-electron chi connectivity index (χ0n) is 7.36. The van der Waals surface area contributed by atoms with Crippen LogP contribution in [0.15, 0.2) is 9.63 Å². The van der Waals surface area contributed by atoms with Gasteiger partial charge in [-0.15, -0.1) is 4.52 Å². The highest BCUT2D eigenvalue weighted by atomic mass is 32.2. The molecule has 0 spiro atoms. The molecule has 0 amide bonds. The molecule has 4 heteroatoms. The second-order valence-corrected chi connectivity index (χ2v) is 4.62. The topological polar surface area (TPSA) is 36.8 Å². The van der Waals surface area contributed by atoms with Crippen LogP contribution in [0.5, 0.6) is 0 Å². The molecule has 1 aliphatic heterocycles. The van der Waals surface area contributed by atoms with Crippen LogP contribution in [0.4, 0.5) is 0 Å². The molecule has 2 aliphatic rings. The fraction of sp³-hybridized carbons (Fsp3) is 1.00. The van der Waals surface area contributed by atoms with E-state index in [1.807, 2.05) is 7.05 Å². The average Bonchev–Trinajstić information content (AvgIpc) is 2.51. The fourth-order valence-electron chi connectivity index (χ4n) is 2.06. The van der Waals surface area contributed by atoms with E-state index in [-0.39, 0.29) is 0 Å². The molecule has 2 rings (SSSR count). The standard InChI is InChI=1S/C8H15N3S/c1-9-5-6-2-3-7-8(4-6)12-11-10-7/h6-9H,2-5H2,1H3. The van der Waals surface area contributed by atoms with E-state index in [9.17, 15) is 0 Å². The summed E-state index contributed by atoms with van der Waals surface area (Å²) in [5.74, 6) is 0.854. The van der Waals surface area contributed by atoms with Gasteiger partial charge in [-0.2, -0.15) is 5.11 Å². The van der Waals surface area contributed by atoms with Crippen LogP contribution in [-0.2, 0) is 0 Å². The average molecular weight is 185 g/mol. The molecular formula is C8H15N3S. The second kappa shape index (κ2) is 3.75. The van der Waals surface area contributed by atoms with Crippen LogP contribution in [-0.4, -0.2) is 24.9 Å². The quantitative estimate of drug-likeness (QED) is 0.667. The predicted molar refractivity (Wildman–Crippen MR) is 51.3 cm³/mol. The van der Waals surface area contributed by atoms with E-state index in [2.05, 4.69) is 15.0 Å². The lowest BCUT2D eigenvalue weighted by Crippen LogP contribution is -2.32. The number of hydrogen-bond donors (Lipinski definition) is 1. The normalized spacial score (nSPS) is 39.9. The minimum Gasteiger partial charge on any atom is -0.319 e. The molecule has 1 heterocycles. The number of hydrogen-bond acceptors (Lipinski definition) is 4. The third-order valence-electron chi connectivity index (χ3n) is 2.74. The van der Waals surface area contributed by atoms with Gasteiger partial charge in [0.15, 0.2) is 0 Å². The molecule has 1 fully saturated rings. The lowest BCUT2D eigenvalue weighted by atomic mass is 9.86. The molecule has 1 aliphatic carbocycles. The Balaban J connectivity index is 1.86. The maximum atomic E-state index is 4.22. The van der Waals surface area contributed by atoms with Crippen LogP contribution in [0.25, 0.3) is 0 Å². The van der Waals surface area contributed by atoms with E-state index >= 15 is 0 Å². The second-order valence-electron chi connectivity index (χ2n) is 3.65. The number of rotatable bonds is 2. The molecule has 0 radical (unpaired) electrons. The van der Waals surface area contributed by atoms with Crippen molar-refractivity contribution in [3.63, 3.8) is 0 Å². The van der Waals surface area contributed by atoms with Crippen molar-refractivity contribution < 1.29 is 0 Å². The van der Waals surface area contributed by atoms with Crippen molar-refractivity contribution in [2.24, 2.45) is 15.6 Å². The largest absolute Gasteiger partial charge is 0.319 e. The molecule has 1 N–H and O–H groups in total. The SMILES string of the molecule is CNCC1CCC2N=NSC2C1. The fourth-order valence-corrected chi connectivity index (χ4v) is 3.05. The van der Waals surface area contributed by atoms with E-state index in [0.717, 1.165) is 12.5 Å². The lowest BCUT2D eigenvalue weighted by Gasteiger charge is -2.28. The molecule has 1 saturated carbocycles. The molecule has 0 saturated heterocycles. The van der Waals surface area contributed by atoms with Gasteiger partial charge in [0.25, 0.3) is 0 Å². The molecule has 3 nitrogen and oxygen atoms in total. The first-order chi connectivity index (χ1) is 5.90. The van der Waals surface area contributed by atoms with Crippen molar-refractivity contribution in [3.8, 4) is 0 Å². The van der Waals surface area contributed by atoms with Crippen molar-refractivity contribution in [1.82, 2.24) is 5.32 Å². The Morgan fingerprint density at radius 2 is 2.42 bits per heavy atom.